The molecule has 2 N–H and O–H groups in total. The Bertz CT molecular complexity index is 695. The second-order valence-corrected chi connectivity index (χ2v) is 8.44. The van der Waals surface area contributed by atoms with E-state index in [9.17, 15) is 9.59 Å². The third kappa shape index (κ3) is 5.48. The maximum atomic E-state index is 12.5. The van der Waals surface area contributed by atoms with Crippen molar-refractivity contribution >= 4 is 24.2 Å². The van der Waals surface area contributed by atoms with Crippen molar-refractivity contribution < 1.29 is 9.59 Å². The predicted octanol–water partition coefficient (Wildman–Crippen LogP) is 1.60. The molecule has 1 aromatic heterocycles. The maximum Gasteiger partial charge on any atom is 0.241 e. The molecular weight excluding hydrogens is 392 g/mol. The summed E-state index contributed by atoms with van der Waals surface area (Å²) in [6, 6.07) is 0. The van der Waals surface area contributed by atoms with Crippen molar-refractivity contribution in [3.8, 4) is 0 Å². The van der Waals surface area contributed by atoms with E-state index in [1.807, 2.05) is 4.90 Å². The van der Waals surface area contributed by atoms with Crippen LogP contribution in [0.3, 0.4) is 0 Å². The molecule has 2 amide bonds. The fraction of sp³-hybridized carbons (Fsp3) is 0.800. The van der Waals surface area contributed by atoms with Gasteiger partial charge < -0.3 is 20.1 Å². The Kier molecular flexibility index (Phi) is 7.89. The number of piperidine rings is 1. The number of rotatable bonds is 5. The van der Waals surface area contributed by atoms with Crippen molar-refractivity contribution in [3.05, 3.63) is 11.6 Å². The number of carbonyl (C=O) groups is 2. The second kappa shape index (κ2) is 10.4. The maximum absolute atomic E-state index is 12.5. The fourth-order valence-corrected chi connectivity index (χ4v) is 4.82. The van der Waals surface area contributed by atoms with E-state index in [0.717, 1.165) is 70.1 Å². The first-order valence-corrected chi connectivity index (χ1v) is 10.9. The number of hydrogen-bond acceptors (Lipinski definition) is 5. The van der Waals surface area contributed by atoms with Crippen molar-refractivity contribution in [1.82, 2.24) is 30.3 Å². The Labute approximate surface area is 178 Å². The summed E-state index contributed by atoms with van der Waals surface area (Å²) < 4.78 is 2.24. The number of likely N-dealkylation sites (tertiary alicyclic amines) is 1. The molecule has 0 radical (unpaired) electrons. The molecule has 1 saturated carbocycles. The van der Waals surface area contributed by atoms with Crippen molar-refractivity contribution in [3.63, 3.8) is 0 Å². The standard InChI is InChI=1S/C20H32N6O2.ClH/c27-18(12-15-4-2-1-3-5-15)22-14-19(28)25-9-6-16(7-10-25)20-24-23-17-13-21-8-11-26(17)20;/h15-16,21H,1-14H2,(H,22,27);1H. The molecule has 0 aromatic carbocycles. The lowest BCUT2D eigenvalue weighted by Gasteiger charge is -2.32. The molecule has 3 heterocycles. The van der Waals surface area contributed by atoms with E-state index in [1.54, 1.807) is 0 Å². The zero-order chi connectivity index (χ0) is 19.3. The third-order valence-corrected chi connectivity index (χ3v) is 6.50. The molecule has 8 nitrogen and oxygen atoms in total. The van der Waals surface area contributed by atoms with Crippen LogP contribution < -0.4 is 10.6 Å². The molecule has 1 aromatic rings. The van der Waals surface area contributed by atoms with Gasteiger partial charge in [0.1, 0.15) is 11.6 Å². The summed E-state index contributed by atoms with van der Waals surface area (Å²) in [4.78, 5) is 26.5. The highest BCUT2D eigenvalue weighted by Gasteiger charge is 2.29. The van der Waals surface area contributed by atoms with Crippen LogP contribution in [0.4, 0.5) is 0 Å². The first-order valence-electron chi connectivity index (χ1n) is 10.9. The molecule has 0 unspecified atom stereocenters. The van der Waals surface area contributed by atoms with Gasteiger partial charge in [0, 0.05) is 38.5 Å². The summed E-state index contributed by atoms with van der Waals surface area (Å²) in [5, 5.41) is 14.9. The van der Waals surface area contributed by atoms with Gasteiger partial charge in [0.25, 0.3) is 0 Å². The molecule has 0 bridgehead atoms. The Morgan fingerprint density at radius 1 is 1.03 bits per heavy atom. The second-order valence-electron chi connectivity index (χ2n) is 8.44. The number of fused-ring (bicyclic) bond motifs is 1. The molecule has 2 aliphatic heterocycles. The zero-order valence-electron chi connectivity index (χ0n) is 17.1. The molecule has 9 heteroatoms. The normalized spacial score (nSPS) is 20.6. The lowest BCUT2D eigenvalue weighted by molar-refractivity contribution is -0.134. The number of amides is 2. The first-order chi connectivity index (χ1) is 13.7. The molecule has 2 fully saturated rings. The highest BCUT2D eigenvalue weighted by atomic mass is 35.5. The molecule has 1 saturated heterocycles. The largest absolute Gasteiger partial charge is 0.347 e. The quantitative estimate of drug-likeness (QED) is 0.748. The van der Waals surface area contributed by atoms with Gasteiger partial charge in [-0.15, -0.1) is 22.6 Å². The number of halogens is 1. The topological polar surface area (TPSA) is 92.2 Å². The molecule has 162 valence electrons. The van der Waals surface area contributed by atoms with Crippen LogP contribution >= 0.6 is 12.4 Å². The minimum Gasteiger partial charge on any atom is -0.347 e. The fourth-order valence-electron chi connectivity index (χ4n) is 4.82. The Morgan fingerprint density at radius 3 is 2.55 bits per heavy atom. The van der Waals surface area contributed by atoms with E-state index in [0.29, 0.717) is 18.3 Å². The lowest BCUT2D eigenvalue weighted by Crippen LogP contribution is -2.44. The number of nitrogens with one attached hydrogen (secondary N) is 2. The molecule has 29 heavy (non-hydrogen) atoms. The van der Waals surface area contributed by atoms with Crippen molar-refractivity contribution in [1.29, 1.82) is 0 Å². The zero-order valence-corrected chi connectivity index (χ0v) is 17.9. The van der Waals surface area contributed by atoms with E-state index in [1.165, 1.54) is 19.3 Å². The van der Waals surface area contributed by atoms with Crippen molar-refractivity contribution in [2.75, 3.05) is 26.2 Å². The summed E-state index contributed by atoms with van der Waals surface area (Å²) in [6.07, 6.45) is 8.45. The van der Waals surface area contributed by atoms with E-state index >= 15 is 0 Å². The lowest BCUT2D eigenvalue weighted by atomic mass is 9.87. The number of nitrogens with zero attached hydrogens (tertiary/aromatic N) is 4. The van der Waals surface area contributed by atoms with Gasteiger partial charge in [-0.05, 0) is 31.6 Å². The van der Waals surface area contributed by atoms with Crippen LogP contribution in [0.2, 0.25) is 0 Å². The Hall–Kier alpha value is -1.67. The molecule has 0 atom stereocenters. The van der Waals surface area contributed by atoms with Gasteiger partial charge in [-0.1, -0.05) is 19.3 Å². The van der Waals surface area contributed by atoms with Crippen LogP contribution in [0.1, 0.15) is 68.9 Å². The van der Waals surface area contributed by atoms with Crippen LogP contribution in [0.5, 0.6) is 0 Å². The van der Waals surface area contributed by atoms with Gasteiger partial charge in [-0.25, -0.2) is 0 Å². The molecule has 0 spiro atoms. The summed E-state index contributed by atoms with van der Waals surface area (Å²) >= 11 is 0. The monoisotopic (exact) mass is 424 g/mol. The predicted molar refractivity (Wildman–Crippen MR) is 112 cm³/mol. The smallest absolute Gasteiger partial charge is 0.241 e. The third-order valence-electron chi connectivity index (χ3n) is 6.50. The summed E-state index contributed by atoms with van der Waals surface area (Å²) in [6.45, 7) is 4.23. The van der Waals surface area contributed by atoms with Crippen LogP contribution in [-0.4, -0.2) is 57.7 Å². The number of hydrogen-bond donors (Lipinski definition) is 2. The van der Waals surface area contributed by atoms with E-state index < -0.39 is 0 Å². The van der Waals surface area contributed by atoms with Gasteiger partial charge >= 0.3 is 0 Å². The average molecular weight is 425 g/mol. The van der Waals surface area contributed by atoms with E-state index in [4.69, 9.17) is 0 Å². The highest BCUT2D eigenvalue weighted by Crippen LogP contribution is 2.28. The van der Waals surface area contributed by atoms with Crippen LogP contribution in [0.25, 0.3) is 0 Å². The minimum absolute atomic E-state index is 0. The van der Waals surface area contributed by atoms with Gasteiger partial charge in [0.15, 0.2) is 0 Å². The summed E-state index contributed by atoms with van der Waals surface area (Å²) in [5.41, 5.74) is 0. The Morgan fingerprint density at radius 2 is 1.79 bits per heavy atom. The average Bonchev–Trinajstić information content (AvgIpc) is 3.17. The van der Waals surface area contributed by atoms with Crippen LogP contribution in [-0.2, 0) is 22.7 Å². The summed E-state index contributed by atoms with van der Waals surface area (Å²) in [7, 11) is 0. The summed E-state index contributed by atoms with van der Waals surface area (Å²) in [5.74, 6) is 3.01. The van der Waals surface area contributed by atoms with E-state index in [-0.39, 0.29) is 30.8 Å². The minimum atomic E-state index is 0. The van der Waals surface area contributed by atoms with Gasteiger partial charge in [0.05, 0.1) is 13.1 Å². The van der Waals surface area contributed by atoms with Gasteiger partial charge in [-0.3, -0.25) is 9.59 Å². The molecule has 3 aliphatic rings. The molecule has 1 aliphatic carbocycles. The van der Waals surface area contributed by atoms with Crippen LogP contribution in [0.15, 0.2) is 0 Å². The first kappa shape index (κ1) is 22.0. The Balaban J connectivity index is 0.00000240. The van der Waals surface area contributed by atoms with Gasteiger partial charge in [-0.2, -0.15) is 0 Å². The number of carbonyl (C=O) groups excluding carboxylic acids is 2. The van der Waals surface area contributed by atoms with Crippen molar-refractivity contribution in [2.24, 2.45) is 5.92 Å². The number of aromatic nitrogens is 3. The molecule has 4 rings (SSSR count). The van der Waals surface area contributed by atoms with E-state index in [2.05, 4.69) is 25.4 Å². The molecular formula is C20H33ClN6O2. The highest BCUT2D eigenvalue weighted by molar-refractivity contribution is 5.85. The SMILES string of the molecule is Cl.O=C(CC1CCCCC1)NCC(=O)N1CCC(c2nnc3n2CCNC3)CC1. The van der Waals surface area contributed by atoms with Crippen molar-refractivity contribution in [2.45, 2.75) is 70.4 Å². The van der Waals surface area contributed by atoms with Gasteiger partial charge in [0.2, 0.25) is 11.8 Å². The van der Waals surface area contributed by atoms with Crippen LogP contribution in [0, 0.1) is 5.92 Å².